The third-order valence-corrected chi connectivity index (χ3v) is 5.46. The van der Waals surface area contributed by atoms with Gasteiger partial charge in [-0.1, -0.05) is 24.3 Å². The molecule has 0 fully saturated rings. The first-order valence-electron chi connectivity index (χ1n) is 9.88. The summed E-state index contributed by atoms with van der Waals surface area (Å²) in [5.74, 6) is -0.549. The molecule has 4 rings (SSSR count). The third kappa shape index (κ3) is 3.65. The highest BCUT2D eigenvalue weighted by Crippen LogP contribution is 2.38. The molecule has 0 spiro atoms. The predicted molar refractivity (Wildman–Crippen MR) is 113 cm³/mol. The van der Waals surface area contributed by atoms with Crippen LogP contribution in [0.15, 0.2) is 54.6 Å². The molecule has 0 bridgehead atoms. The summed E-state index contributed by atoms with van der Waals surface area (Å²) in [4.78, 5) is 28.4. The van der Waals surface area contributed by atoms with E-state index in [0.717, 1.165) is 5.56 Å². The van der Waals surface area contributed by atoms with Crippen LogP contribution in [0.2, 0.25) is 0 Å². The molecule has 31 heavy (non-hydrogen) atoms. The van der Waals surface area contributed by atoms with E-state index in [1.165, 1.54) is 24.1 Å². The second kappa shape index (κ2) is 7.86. The Morgan fingerprint density at radius 1 is 1.23 bits per heavy atom. The SMILES string of the molecule is COc1ccccc1N1C(=O)c2cc(C)nn2CC1(C)C(=O)NCc1ccc(F)cc1. The predicted octanol–water partition coefficient (Wildman–Crippen LogP) is 3.07. The van der Waals surface area contributed by atoms with E-state index in [0.29, 0.717) is 22.8 Å². The van der Waals surface area contributed by atoms with E-state index in [1.54, 1.807) is 61.0 Å². The Kier molecular flexibility index (Phi) is 5.22. The van der Waals surface area contributed by atoms with E-state index in [9.17, 15) is 14.0 Å². The topological polar surface area (TPSA) is 76.5 Å². The molecule has 0 aliphatic carbocycles. The number of anilines is 1. The zero-order valence-corrected chi connectivity index (χ0v) is 17.6. The molecule has 160 valence electrons. The Labute approximate surface area is 179 Å². The number of carbonyl (C=O) groups is 2. The second-order valence-corrected chi connectivity index (χ2v) is 7.72. The van der Waals surface area contributed by atoms with E-state index in [-0.39, 0.29) is 30.7 Å². The van der Waals surface area contributed by atoms with Gasteiger partial charge in [-0.15, -0.1) is 0 Å². The summed E-state index contributed by atoms with van der Waals surface area (Å²) in [6.45, 7) is 3.89. The van der Waals surface area contributed by atoms with Crippen LogP contribution >= 0.6 is 0 Å². The molecular formula is C23H23FN4O3. The number of rotatable bonds is 5. The molecule has 0 radical (unpaired) electrons. The van der Waals surface area contributed by atoms with Crippen molar-refractivity contribution >= 4 is 17.5 Å². The molecule has 1 unspecified atom stereocenters. The number of amides is 2. The smallest absolute Gasteiger partial charge is 0.277 e. The fourth-order valence-corrected chi connectivity index (χ4v) is 3.88. The molecule has 2 aromatic carbocycles. The lowest BCUT2D eigenvalue weighted by Crippen LogP contribution is -2.64. The van der Waals surface area contributed by atoms with Crippen molar-refractivity contribution in [1.29, 1.82) is 0 Å². The third-order valence-electron chi connectivity index (χ3n) is 5.46. The first-order valence-corrected chi connectivity index (χ1v) is 9.88. The fraction of sp³-hybridized carbons (Fsp3) is 0.261. The van der Waals surface area contributed by atoms with Crippen LogP contribution in [0.1, 0.15) is 28.7 Å². The Morgan fingerprint density at radius 3 is 2.65 bits per heavy atom. The number of benzene rings is 2. The molecule has 1 aliphatic rings. The van der Waals surface area contributed by atoms with Crippen molar-refractivity contribution in [3.8, 4) is 5.75 Å². The Bertz CT molecular complexity index is 1140. The maximum Gasteiger partial charge on any atom is 0.277 e. The molecule has 8 heteroatoms. The van der Waals surface area contributed by atoms with Gasteiger partial charge in [0.05, 0.1) is 25.0 Å². The zero-order valence-electron chi connectivity index (χ0n) is 17.6. The molecule has 2 amide bonds. The standard InChI is InChI=1S/C23H23FN4O3/c1-15-12-19-21(29)28(18-6-4-5-7-20(18)31-3)23(2,14-27(19)26-15)22(30)25-13-16-8-10-17(24)11-9-16/h4-12H,13-14H2,1-3H3,(H,25,30). The Morgan fingerprint density at radius 2 is 1.94 bits per heavy atom. The van der Waals surface area contributed by atoms with Gasteiger partial charge in [0.25, 0.3) is 5.91 Å². The minimum absolute atomic E-state index is 0.176. The summed E-state index contributed by atoms with van der Waals surface area (Å²) in [6.07, 6.45) is 0. The van der Waals surface area contributed by atoms with Crippen molar-refractivity contribution in [3.05, 3.63) is 77.4 Å². The minimum Gasteiger partial charge on any atom is -0.495 e. The van der Waals surface area contributed by atoms with Crippen LogP contribution in [0.3, 0.4) is 0 Å². The van der Waals surface area contributed by atoms with Gasteiger partial charge in [0.2, 0.25) is 5.91 Å². The van der Waals surface area contributed by atoms with Gasteiger partial charge in [-0.05, 0) is 49.7 Å². The van der Waals surface area contributed by atoms with Gasteiger partial charge in [0.1, 0.15) is 22.8 Å². The number of nitrogens with one attached hydrogen (secondary N) is 1. The number of hydrogen-bond acceptors (Lipinski definition) is 4. The van der Waals surface area contributed by atoms with Crippen LogP contribution < -0.4 is 15.0 Å². The first kappa shape index (κ1) is 20.6. The van der Waals surface area contributed by atoms with Crippen LogP contribution in [0.4, 0.5) is 10.1 Å². The zero-order chi connectivity index (χ0) is 22.2. The number of hydrogen-bond donors (Lipinski definition) is 1. The van der Waals surface area contributed by atoms with Gasteiger partial charge in [-0.3, -0.25) is 19.2 Å². The number of para-hydroxylation sites is 2. The second-order valence-electron chi connectivity index (χ2n) is 7.72. The molecule has 1 atom stereocenters. The highest BCUT2D eigenvalue weighted by atomic mass is 19.1. The van der Waals surface area contributed by atoms with Crippen molar-refractivity contribution in [1.82, 2.24) is 15.1 Å². The first-order chi connectivity index (χ1) is 14.8. The summed E-state index contributed by atoms with van der Waals surface area (Å²) >= 11 is 0. The van der Waals surface area contributed by atoms with Crippen LogP contribution in [0.25, 0.3) is 0 Å². The van der Waals surface area contributed by atoms with Gasteiger partial charge in [-0.2, -0.15) is 5.10 Å². The maximum atomic E-state index is 13.5. The number of aryl methyl sites for hydroxylation is 1. The molecular weight excluding hydrogens is 399 g/mol. The minimum atomic E-state index is -1.27. The Balaban J connectivity index is 1.73. The summed E-state index contributed by atoms with van der Waals surface area (Å²) in [6, 6.07) is 14.7. The van der Waals surface area contributed by atoms with E-state index < -0.39 is 5.54 Å². The van der Waals surface area contributed by atoms with Crippen molar-refractivity contribution in [2.75, 3.05) is 12.0 Å². The Hall–Kier alpha value is -3.68. The molecule has 7 nitrogen and oxygen atoms in total. The molecule has 3 aromatic rings. The van der Waals surface area contributed by atoms with Crippen molar-refractivity contribution in [2.45, 2.75) is 32.5 Å². The van der Waals surface area contributed by atoms with Gasteiger partial charge in [0.15, 0.2) is 0 Å². The normalized spacial score (nSPS) is 17.9. The lowest BCUT2D eigenvalue weighted by atomic mass is 9.93. The average molecular weight is 422 g/mol. The van der Waals surface area contributed by atoms with Gasteiger partial charge in [-0.25, -0.2) is 4.39 Å². The molecule has 1 N–H and O–H groups in total. The molecule has 0 saturated carbocycles. The van der Waals surface area contributed by atoms with Crippen LogP contribution in [-0.4, -0.2) is 34.2 Å². The number of aromatic nitrogens is 2. The van der Waals surface area contributed by atoms with E-state index in [2.05, 4.69) is 10.4 Å². The van der Waals surface area contributed by atoms with Crippen LogP contribution in [-0.2, 0) is 17.9 Å². The number of carbonyl (C=O) groups excluding carboxylic acids is 2. The number of ether oxygens (including phenoxy) is 1. The van der Waals surface area contributed by atoms with E-state index in [1.807, 2.05) is 0 Å². The largest absolute Gasteiger partial charge is 0.495 e. The highest BCUT2D eigenvalue weighted by Gasteiger charge is 2.49. The lowest BCUT2D eigenvalue weighted by molar-refractivity contribution is -0.126. The monoisotopic (exact) mass is 422 g/mol. The van der Waals surface area contributed by atoms with Crippen LogP contribution in [0.5, 0.6) is 5.75 Å². The fourth-order valence-electron chi connectivity index (χ4n) is 3.88. The number of halogens is 1. The molecule has 2 heterocycles. The van der Waals surface area contributed by atoms with Crippen LogP contribution in [0, 0.1) is 12.7 Å². The number of methoxy groups -OCH3 is 1. The van der Waals surface area contributed by atoms with Gasteiger partial charge in [0, 0.05) is 6.54 Å². The van der Waals surface area contributed by atoms with Gasteiger partial charge < -0.3 is 10.1 Å². The summed E-state index contributed by atoms with van der Waals surface area (Å²) in [5, 5.41) is 7.28. The van der Waals surface area contributed by atoms with E-state index >= 15 is 0 Å². The number of nitrogens with zero attached hydrogens (tertiary/aromatic N) is 3. The molecule has 1 aliphatic heterocycles. The van der Waals surface area contributed by atoms with Crippen molar-refractivity contribution in [2.24, 2.45) is 0 Å². The summed E-state index contributed by atoms with van der Waals surface area (Å²) < 4.78 is 20.2. The molecule has 1 aromatic heterocycles. The van der Waals surface area contributed by atoms with Gasteiger partial charge >= 0.3 is 0 Å². The average Bonchev–Trinajstić information content (AvgIpc) is 3.13. The lowest BCUT2D eigenvalue weighted by Gasteiger charge is -2.43. The van der Waals surface area contributed by atoms with Crippen molar-refractivity contribution < 1.29 is 18.7 Å². The van der Waals surface area contributed by atoms with Crippen molar-refractivity contribution in [3.63, 3.8) is 0 Å². The van der Waals surface area contributed by atoms with E-state index in [4.69, 9.17) is 4.74 Å². The highest BCUT2D eigenvalue weighted by molar-refractivity contribution is 6.12. The summed E-state index contributed by atoms with van der Waals surface area (Å²) in [5.41, 5.74) is 1.09. The number of fused-ring (bicyclic) bond motifs is 1. The maximum absolute atomic E-state index is 13.5. The molecule has 0 saturated heterocycles. The quantitative estimate of drug-likeness (QED) is 0.686. The summed E-state index contributed by atoms with van der Waals surface area (Å²) in [7, 11) is 1.52.